The zero-order valence-electron chi connectivity index (χ0n) is 16.5. The summed E-state index contributed by atoms with van der Waals surface area (Å²) >= 11 is 3.97. The molecule has 0 amide bonds. The lowest BCUT2D eigenvalue weighted by Crippen LogP contribution is -2.45. The van der Waals surface area contributed by atoms with Crippen molar-refractivity contribution in [1.82, 2.24) is 15.5 Å². The molecular weight excluding hydrogens is 360 g/mol. The Bertz CT molecular complexity index is 566. The van der Waals surface area contributed by atoms with E-state index in [-0.39, 0.29) is 0 Å². The first-order valence-corrected chi connectivity index (χ1v) is 11.9. The number of likely N-dealkylation sites (tertiary alicyclic amines) is 1. The minimum Gasteiger partial charge on any atom is -0.357 e. The minimum atomic E-state index is 0.326. The highest BCUT2D eigenvalue weighted by atomic mass is 32.2. The fourth-order valence-electron chi connectivity index (χ4n) is 4.16. The van der Waals surface area contributed by atoms with E-state index < -0.39 is 0 Å². The van der Waals surface area contributed by atoms with Crippen molar-refractivity contribution in [3.8, 4) is 0 Å². The Hall–Kier alpha value is -0.720. The summed E-state index contributed by atoms with van der Waals surface area (Å²) in [6, 6.07) is 5.00. The van der Waals surface area contributed by atoms with Crippen LogP contribution >= 0.6 is 23.1 Å². The Labute approximate surface area is 167 Å². The average Bonchev–Trinajstić information content (AvgIpc) is 3.30. The molecule has 4 nitrogen and oxygen atoms in total. The molecule has 2 N–H and O–H groups in total. The van der Waals surface area contributed by atoms with Gasteiger partial charge in [0.1, 0.15) is 0 Å². The first-order chi connectivity index (χ1) is 12.6. The number of piperidine rings is 1. The number of hydrogen-bond acceptors (Lipinski definition) is 4. The Morgan fingerprint density at radius 3 is 2.96 bits per heavy atom. The van der Waals surface area contributed by atoms with Crippen molar-refractivity contribution in [3.05, 3.63) is 22.4 Å². The van der Waals surface area contributed by atoms with Crippen molar-refractivity contribution in [3.63, 3.8) is 0 Å². The molecule has 0 aliphatic carbocycles. The van der Waals surface area contributed by atoms with Gasteiger partial charge in [-0.2, -0.15) is 11.8 Å². The first kappa shape index (κ1) is 20.0. The third-order valence-corrected chi connectivity index (χ3v) is 8.06. The third kappa shape index (κ3) is 5.17. The van der Waals surface area contributed by atoms with Crippen molar-refractivity contribution < 1.29 is 0 Å². The number of aliphatic imine (C=N–C) groups is 1. The van der Waals surface area contributed by atoms with Gasteiger partial charge in [0.25, 0.3) is 0 Å². The van der Waals surface area contributed by atoms with E-state index in [1.807, 2.05) is 11.3 Å². The molecule has 2 saturated heterocycles. The molecule has 2 aliphatic heterocycles. The molecule has 0 bridgehead atoms. The van der Waals surface area contributed by atoms with Gasteiger partial charge in [-0.25, -0.2) is 0 Å². The summed E-state index contributed by atoms with van der Waals surface area (Å²) in [5.74, 6) is 2.90. The number of guanidine groups is 1. The summed E-state index contributed by atoms with van der Waals surface area (Å²) in [6.07, 6.45) is 5.19. The van der Waals surface area contributed by atoms with Crippen molar-refractivity contribution >= 4 is 29.1 Å². The van der Waals surface area contributed by atoms with E-state index in [0.29, 0.717) is 16.7 Å². The van der Waals surface area contributed by atoms with Gasteiger partial charge in [0.15, 0.2) is 5.96 Å². The molecule has 6 heteroatoms. The van der Waals surface area contributed by atoms with Crippen molar-refractivity contribution in [1.29, 1.82) is 0 Å². The van der Waals surface area contributed by atoms with Crippen LogP contribution in [0.25, 0.3) is 0 Å². The highest BCUT2D eigenvalue weighted by molar-refractivity contribution is 8.00. The number of nitrogens with one attached hydrogen (secondary N) is 2. The normalized spacial score (nSPS) is 30.5. The fourth-order valence-corrected chi connectivity index (χ4v) is 6.37. The van der Waals surface area contributed by atoms with Gasteiger partial charge < -0.3 is 10.6 Å². The highest BCUT2D eigenvalue weighted by Crippen LogP contribution is 2.38. The van der Waals surface area contributed by atoms with E-state index in [2.05, 4.69) is 65.7 Å². The average molecular weight is 395 g/mol. The second-order valence-electron chi connectivity index (χ2n) is 7.82. The lowest BCUT2D eigenvalue weighted by atomic mass is 9.88. The van der Waals surface area contributed by atoms with Crippen LogP contribution in [-0.4, -0.2) is 54.6 Å². The molecule has 3 atom stereocenters. The van der Waals surface area contributed by atoms with Crippen LogP contribution in [0.2, 0.25) is 0 Å². The number of nitrogens with zero attached hydrogens (tertiary/aromatic N) is 2. The van der Waals surface area contributed by atoms with Gasteiger partial charge in [0.05, 0.1) is 6.54 Å². The molecule has 1 aromatic rings. The third-order valence-electron chi connectivity index (χ3n) is 5.59. The topological polar surface area (TPSA) is 39.7 Å². The molecular formula is C20H34N4S2. The van der Waals surface area contributed by atoms with Gasteiger partial charge in [-0.1, -0.05) is 6.07 Å². The lowest BCUT2D eigenvalue weighted by Gasteiger charge is -2.39. The first-order valence-electron chi connectivity index (χ1n) is 10.0. The van der Waals surface area contributed by atoms with Crippen LogP contribution in [0, 0.1) is 5.92 Å². The Morgan fingerprint density at radius 1 is 1.38 bits per heavy atom. The molecule has 0 radical (unpaired) electrons. The van der Waals surface area contributed by atoms with Crippen LogP contribution in [0.4, 0.5) is 0 Å². The van der Waals surface area contributed by atoms with Gasteiger partial charge in [0.2, 0.25) is 0 Å². The molecule has 0 spiro atoms. The van der Waals surface area contributed by atoms with Gasteiger partial charge in [-0.15, -0.1) is 11.3 Å². The standard InChI is InChI=1S/C20H34N4S2/c1-4-21-19(23-15-20(2)10-7-13-26-20)22-14-16-8-5-11-24(3)18(16)17-9-6-12-25-17/h6,9,12,16,18H,4-5,7-8,10-11,13-15H2,1-3H3,(H2,21,22,23). The molecule has 3 unspecified atom stereocenters. The largest absolute Gasteiger partial charge is 0.357 e. The van der Waals surface area contributed by atoms with Gasteiger partial charge in [-0.05, 0) is 76.2 Å². The highest BCUT2D eigenvalue weighted by Gasteiger charge is 2.32. The molecule has 2 aliphatic rings. The van der Waals surface area contributed by atoms with E-state index >= 15 is 0 Å². The van der Waals surface area contributed by atoms with Crippen LogP contribution in [0.3, 0.4) is 0 Å². The number of thiophene rings is 1. The van der Waals surface area contributed by atoms with Gasteiger partial charge >= 0.3 is 0 Å². The minimum absolute atomic E-state index is 0.326. The molecule has 3 heterocycles. The zero-order valence-corrected chi connectivity index (χ0v) is 18.1. The second-order valence-corrected chi connectivity index (χ2v) is 10.5. The molecule has 26 heavy (non-hydrogen) atoms. The van der Waals surface area contributed by atoms with Crippen LogP contribution in [-0.2, 0) is 0 Å². The van der Waals surface area contributed by atoms with E-state index in [9.17, 15) is 0 Å². The smallest absolute Gasteiger partial charge is 0.191 e. The van der Waals surface area contributed by atoms with Gasteiger partial charge in [-0.3, -0.25) is 9.89 Å². The second kappa shape index (κ2) is 9.47. The number of hydrogen-bond donors (Lipinski definition) is 2. The summed E-state index contributed by atoms with van der Waals surface area (Å²) in [5.41, 5.74) is 0. The Kier molecular flexibility index (Phi) is 7.29. The number of rotatable bonds is 6. The Morgan fingerprint density at radius 2 is 2.27 bits per heavy atom. The van der Waals surface area contributed by atoms with E-state index in [1.54, 1.807) is 0 Å². The Balaban J connectivity index is 1.61. The monoisotopic (exact) mass is 394 g/mol. The molecule has 1 aromatic heterocycles. The van der Waals surface area contributed by atoms with Crippen LogP contribution in [0.1, 0.15) is 50.4 Å². The maximum atomic E-state index is 4.92. The quantitative estimate of drug-likeness (QED) is 0.566. The summed E-state index contributed by atoms with van der Waals surface area (Å²) in [7, 11) is 2.27. The number of thioether (sulfide) groups is 1. The maximum Gasteiger partial charge on any atom is 0.191 e. The summed E-state index contributed by atoms with van der Waals surface area (Å²) < 4.78 is 0.326. The van der Waals surface area contributed by atoms with Crippen LogP contribution < -0.4 is 10.6 Å². The van der Waals surface area contributed by atoms with E-state index in [4.69, 9.17) is 4.99 Å². The van der Waals surface area contributed by atoms with Crippen LogP contribution in [0.15, 0.2) is 22.5 Å². The summed E-state index contributed by atoms with van der Waals surface area (Å²) in [4.78, 5) is 8.95. The van der Waals surface area contributed by atoms with Crippen molar-refractivity contribution in [2.24, 2.45) is 10.9 Å². The van der Waals surface area contributed by atoms with Crippen molar-refractivity contribution in [2.75, 3.05) is 39.0 Å². The van der Waals surface area contributed by atoms with E-state index in [0.717, 1.165) is 25.6 Å². The van der Waals surface area contributed by atoms with Crippen LogP contribution in [0.5, 0.6) is 0 Å². The summed E-state index contributed by atoms with van der Waals surface area (Å²) in [6.45, 7) is 8.51. The SMILES string of the molecule is CCNC(=NCC1(C)CCCS1)NCC1CCCN(C)C1c1cccs1. The fraction of sp³-hybridized carbons (Fsp3) is 0.750. The molecule has 2 fully saturated rings. The molecule has 0 aromatic carbocycles. The predicted octanol–water partition coefficient (Wildman–Crippen LogP) is 3.97. The van der Waals surface area contributed by atoms with Gasteiger partial charge in [0, 0.05) is 28.8 Å². The lowest BCUT2D eigenvalue weighted by molar-refractivity contribution is 0.125. The maximum absolute atomic E-state index is 4.92. The van der Waals surface area contributed by atoms with E-state index in [1.165, 1.54) is 42.9 Å². The van der Waals surface area contributed by atoms with Crippen molar-refractivity contribution in [2.45, 2.75) is 50.3 Å². The molecule has 3 rings (SSSR count). The molecule has 146 valence electrons. The predicted molar refractivity (Wildman–Crippen MR) is 116 cm³/mol. The zero-order chi connectivity index (χ0) is 18.4. The summed E-state index contributed by atoms with van der Waals surface area (Å²) in [5, 5.41) is 9.30. The molecule has 0 saturated carbocycles.